The summed E-state index contributed by atoms with van der Waals surface area (Å²) in [5, 5.41) is 1.05. The molecular formula is C19H27N3O2S2. The molecule has 1 atom stereocenters. The summed E-state index contributed by atoms with van der Waals surface area (Å²) in [6, 6.07) is 0.348. The van der Waals surface area contributed by atoms with Crippen molar-refractivity contribution in [2.45, 2.75) is 69.3 Å². The van der Waals surface area contributed by atoms with Crippen LogP contribution < -0.4 is 5.56 Å². The number of carbonyl (C=O) groups excluding carboxylic acids is 1. The highest BCUT2D eigenvalue weighted by atomic mass is 32.2. The van der Waals surface area contributed by atoms with Crippen molar-refractivity contribution in [3.63, 3.8) is 0 Å². The minimum atomic E-state index is -0.264. The summed E-state index contributed by atoms with van der Waals surface area (Å²) in [6.45, 7) is 5.89. The van der Waals surface area contributed by atoms with Crippen LogP contribution in [0.4, 0.5) is 0 Å². The molecule has 1 fully saturated rings. The number of rotatable bonds is 4. The van der Waals surface area contributed by atoms with Gasteiger partial charge >= 0.3 is 0 Å². The highest BCUT2D eigenvalue weighted by Crippen LogP contribution is 2.30. The van der Waals surface area contributed by atoms with E-state index in [1.54, 1.807) is 23.0 Å². The largest absolute Gasteiger partial charge is 0.342 e. The van der Waals surface area contributed by atoms with Crippen LogP contribution in [0.2, 0.25) is 0 Å². The van der Waals surface area contributed by atoms with E-state index in [0.717, 1.165) is 28.1 Å². The maximum Gasteiger partial charge on any atom is 0.262 e. The Morgan fingerprint density at radius 2 is 1.96 bits per heavy atom. The van der Waals surface area contributed by atoms with Gasteiger partial charge < -0.3 is 4.90 Å². The highest BCUT2D eigenvalue weighted by molar-refractivity contribution is 8.00. The third-order valence-corrected chi connectivity index (χ3v) is 7.70. The molecule has 0 radical (unpaired) electrons. The van der Waals surface area contributed by atoms with E-state index in [9.17, 15) is 9.59 Å². The number of carbonyl (C=O) groups is 1. The van der Waals surface area contributed by atoms with Gasteiger partial charge in [-0.2, -0.15) is 0 Å². The molecule has 0 saturated heterocycles. The number of nitrogens with zero attached hydrogens (tertiary/aromatic N) is 3. The van der Waals surface area contributed by atoms with Crippen molar-refractivity contribution in [1.82, 2.24) is 14.5 Å². The third-order valence-electron chi connectivity index (χ3n) is 5.47. The van der Waals surface area contributed by atoms with Crippen LogP contribution in [0.25, 0.3) is 10.2 Å². The quantitative estimate of drug-likeness (QED) is 0.584. The number of aromatic nitrogens is 2. The molecule has 5 nitrogen and oxygen atoms in total. The average molecular weight is 394 g/mol. The second-order valence-electron chi connectivity index (χ2n) is 7.22. The summed E-state index contributed by atoms with van der Waals surface area (Å²) in [4.78, 5) is 34.1. The van der Waals surface area contributed by atoms with Gasteiger partial charge in [-0.15, -0.1) is 11.3 Å². The SMILES string of the molecule is Cc1sc2nc(SC(C)C(=O)N(C)C3CCCCC3)n(C)c(=O)c2c1C. The van der Waals surface area contributed by atoms with Crippen LogP contribution in [0.15, 0.2) is 9.95 Å². The van der Waals surface area contributed by atoms with Crippen LogP contribution in [0, 0.1) is 13.8 Å². The molecule has 0 aliphatic heterocycles. The van der Waals surface area contributed by atoms with Gasteiger partial charge in [0.15, 0.2) is 5.16 Å². The zero-order valence-electron chi connectivity index (χ0n) is 16.2. The lowest BCUT2D eigenvalue weighted by Crippen LogP contribution is -2.42. The first-order chi connectivity index (χ1) is 12.3. The van der Waals surface area contributed by atoms with Crippen molar-refractivity contribution in [3.8, 4) is 0 Å². The van der Waals surface area contributed by atoms with Crippen molar-refractivity contribution in [2.24, 2.45) is 7.05 Å². The summed E-state index contributed by atoms with van der Waals surface area (Å²) in [6.07, 6.45) is 5.86. The fourth-order valence-corrected chi connectivity index (χ4v) is 5.65. The average Bonchev–Trinajstić information content (AvgIpc) is 2.92. The van der Waals surface area contributed by atoms with Gasteiger partial charge in [0.05, 0.1) is 10.6 Å². The number of amides is 1. The molecule has 2 aromatic heterocycles. The summed E-state index contributed by atoms with van der Waals surface area (Å²) in [5.74, 6) is 0.120. The van der Waals surface area contributed by atoms with Gasteiger partial charge in [0.1, 0.15) is 4.83 Å². The van der Waals surface area contributed by atoms with Crippen molar-refractivity contribution < 1.29 is 4.79 Å². The van der Waals surface area contributed by atoms with Gasteiger partial charge in [-0.1, -0.05) is 31.0 Å². The predicted molar refractivity (Wildman–Crippen MR) is 109 cm³/mol. The zero-order valence-corrected chi connectivity index (χ0v) is 17.8. The number of thioether (sulfide) groups is 1. The van der Waals surface area contributed by atoms with Crippen LogP contribution >= 0.6 is 23.1 Å². The molecule has 0 N–H and O–H groups in total. The fraction of sp³-hybridized carbons (Fsp3) is 0.632. The van der Waals surface area contributed by atoms with E-state index < -0.39 is 0 Å². The number of hydrogen-bond acceptors (Lipinski definition) is 5. The number of thiophene rings is 1. The number of fused-ring (bicyclic) bond motifs is 1. The summed E-state index contributed by atoms with van der Waals surface area (Å²) in [5.41, 5.74) is 0.982. The molecule has 0 spiro atoms. The minimum Gasteiger partial charge on any atom is -0.342 e. The van der Waals surface area contributed by atoms with Crippen LogP contribution in [0.3, 0.4) is 0 Å². The van der Waals surface area contributed by atoms with Gasteiger partial charge in [-0.05, 0) is 39.2 Å². The third kappa shape index (κ3) is 3.56. The Morgan fingerprint density at radius 1 is 1.31 bits per heavy atom. The molecule has 1 unspecified atom stereocenters. The van der Waals surface area contributed by atoms with Gasteiger partial charge in [0.25, 0.3) is 5.56 Å². The Bertz CT molecular complexity index is 881. The van der Waals surface area contributed by atoms with Crippen molar-refractivity contribution in [2.75, 3.05) is 7.05 Å². The minimum absolute atomic E-state index is 0.0281. The normalized spacial score (nSPS) is 16.8. The van der Waals surface area contributed by atoms with Gasteiger partial charge in [-0.25, -0.2) is 4.98 Å². The fourth-order valence-electron chi connectivity index (χ4n) is 3.61. The molecule has 1 aliphatic carbocycles. The van der Waals surface area contributed by atoms with E-state index in [1.165, 1.54) is 31.0 Å². The Balaban J connectivity index is 1.82. The standard InChI is InChI=1S/C19H27N3O2S2/c1-11-12(2)25-16-15(11)18(24)22(5)19(20-16)26-13(3)17(23)21(4)14-9-7-6-8-10-14/h13-14H,6-10H2,1-5H3. The molecule has 26 heavy (non-hydrogen) atoms. The summed E-state index contributed by atoms with van der Waals surface area (Å²) in [7, 11) is 3.66. The van der Waals surface area contributed by atoms with E-state index >= 15 is 0 Å². The zero-order chi connectivity index (χ0) is 19.0. The second-order valence-corrected chi connectivity index (χ2v) is 9.73. The van der Waals surface area contributed by atoms with Gasteiger partial charge in [-0.3, -0.25) is 14.2 Å². The summed E-state index contributed by atoms with van der Waals surface area (Å²) < 4.78 is 1.58. The predicted octanol–water partition coefficient (Wildman–Crippen LogP) is 3.88. The molecule has 0 bridgehead atoms. The van der Waals surface area contributed by atoms with Crippen LogP contribution in [0.5, 0.6) is 0 Å². The Hall–Kier alpha value is -1.34. The van der Waals surface area contributed by atoms with Gasteiger partial charge in [0, 0.05) is 25.0 Å². The Morgan fingerprint density at radius 3 is 2.62 bits per heavy atom. The molecule has 142 valence electrons. The second kappa shape index (κ2) is 7.72. The molecule has 7 heteroatoms. The molecular weight excluding hydrogens is 366 g/mol. The first-order valence-corrected chi connectivity index (χ1v) is 10.9. The molecule has 1 amide bonds. The molecule has 2 heterocycles. The van der Waals surface area contributed by atoms with Crippen molar-refractivity contribution in [3.05, 3.63) is 20.8 Å². The lowest BCUT2D eigenvalue weighted by molar-refractivity contribution is -0.131. The van der Waals surface area contributed by atoms with Crippen LogP contribution in [-0.4, -0.2) is 38.7 Å². The lowest BCUT2D eigenvalue weighted by atomic mass is 9.94. The van der Waals surface area contributed by atoms with Crippen LogP contribution in [-0.2, 0) is 11.8 Å². The topological polar surface area (TPSA) is 55.2 Å². The number of hydrogen-bond donors (Lipinski definition) is 0. The molecule has 1 saturated carbocycles. The van der Waals surface area contributed by atoms with Crippen molar-refractivity contribution in [1.29, 1.82) is 0 Å². The number of aryl methyl sites for hydroxylation is 2. The monoisotopic (exact) mass is 393 g/mol. The molecule has 3 rings (SSSR count). The van der Waals surface area contributed by atoms with Crippen LogP contribution in [0.1, 0.15) is 49.5 Å². The first kappa shape index (κ1) is 19.4. The molecule has 2 aromatic rings. The van der Waals surface area contributed by atoms with E-state index in [-0.39, 0.29) is 16.7 Å². The Labute approximate surface area is 162 Å². The van der Waals surface area contributed by atoms with E-state index in [4.69, 9.17) is 0 Å². The maximum absolute atomic E-state index is 12.9. The van der Waals surface area contributed by atoms with E-state index in [1.807, 2.05) is 32.7 Å². The molecule has 1 aliphatic rings. The Kier molecular flexibility index (Phi) is 5.77. The highest BCUT2D eigenvalue weighted by Gasteiger charge is 2.27. The molecule has 0 aromatic carbocycles. The van der Waals surface area contributed by atoms with E-state index in [2.05, 4.69) is 4.98 Å². The smallest absolute Gasteiger partial charge is 0.262 e. The summed E-state index contributed by atoms with van der Waals surface area (Å²) >= 11 is 2.93. The maximum atomic E-state index is 12.9. The lowest BCUT2D eigenvalue weighted by Gasteiger charge is -2.32. The van der Waals surface area contributed by atoms with Crippen molar-refractivity contribution >= 4 is 39.2 Å². The first-order valence-electron chi connectivity index (χ1n) is 9.21. The van der Waals surface area contributed by atoms with E-state index in [0.29, 0.717) is 16.6 Å². The van der Waals surface area contributed by atoms with Gasteiger partial charge in [0.2, 0.25) is 5.91 Å².